The van der Waals surface area contributed by atoms with Gasteiger partial charge in [0.2, 0.25) is 0 Å². The van der Waals surface area contributed by atoms with E-state index in [2.05, 4.69) is 57.0 Å². The highest BCUT2D eigenvalue weighted by atomic mass is 16.2. The van der Waals surface area contributed by atoms with Crippen LogP contribution in [0.1, 0.15) is 26.3 Å². The molecule has 2 aromatic carbocycles. The molecule has 0 saturated heterocycles. The molecule has 0 radical (unpaired) electrons. The number of rotatable bonds is 6. The fourth-order valence-corrected chi connectivity index (χ4v) is 3.19. The zero-order valence-electron chi connectivity index (χ0n) is 19.3. The predicted octanol–water partition coefficient (Wildman–Crippen LogP) is 6.30. The molecule has 0 fully saturated rings. The van der Waals surface area contributed by atoms with Crippen molar-refractivity contribution < 1.29 is 4.79 Å². The third-order valence-electron chi connectivity index (χ3n) is 5.01. The quantitative estimate of drug-likeness (QED) is 0.273. The van der Waals surface area contributed by atoms with Gasteiger partial charge < -0.3 is 21.3 Å². The van der Waals surface area contributed by atoms with Crippen LogP contribution < -0.4 is 21.3 Å². The molecule has 4 rings (SSSR count). The summed E-state index contributed by atoms with van der Waals surface area (Å²) < 4.78 is 0. The van der Waals surface area contributed by atoms with E-state index in [1.54, 1.807) is 12.3 Å². The molecule has 2 amide bonds. The van der Waals surface area contributed by atoms with E-state index in [4.69, 9.17) is 0 Å². The Bertz CT molecular complexity index is 1230. The van der Waals surface area contributed by atoms with Crippen LogP contribution in [0.15, 0.2) is 85.3 Å². The number of aromatic nitrogens is 3. The van der Waals surface area contributed by atoms with Crippen LogP contribution in [0.4, 0.5) is 39.3 Å². The zero-order valence-corrected chi connectivity index (χ0v) is 19.3. The van der Waals surface area contributed by atoms with Crippen molar-refractivity contribution in [3.05, 3.63) is 90.9 Å². The molecule has 0 saturated carbocycles. The number of anilines is 6. The monoisotopic (exact) mass is 453 g/mol. The van der Waals surface area contributed by atoms with Gasteiger partial charge in [-0.25, -0.2) is 19.7 Å². The Balaban J connectivity index is 1.32. The molecule has 2 heterocycles. The molecule has 4 aromatic rings. The molecular weight excluding hydrogens is 426 g/mol. The number of nitrogens with one attached hydrogen (secondary N) is 4. The summed E-state index contributed by atoms with van der Waals surface area (Å²) in [5, 5.41) is 12.1. The summed E-state index contributed by atoms with van der Waals surface area (Å²) in [4.78, 5) is 25.1. The summed E-state index contributed by atoms with van der Waals surface area (Å²) in [6.45, 7) is 6.47. The Labute approximate surface area is 198 Å². The smallest absolute Gasteiger partial charge is 0.323 e. The van der Waals surface area contributed by atoms with Gasteiger partial charge in [0.25, 0.3) is 0 Å². The second-order valence-electron chi connectivity index (χ2n) is 8.74. The third-order valence-corrected chi connectivity index (χ3v) is 5.01. The molecule has 0 atom stereocenters. The van der Waals surface area contributed by atoms with E-state index < -0.39 is 0 Å². The highest BCUT2D eigenvalue weighted by molar-refractivity contribution is 5.99. The van der Waals surface area contributed by atoms with Gasteiger partial charge in [-0.05, 0) is 59.5 Å². The number of nitrogens with zero attached hydrogens (tertiary/aromatic N) is 3. The first-order valence-corrected chi connectivity index (χ1v) is 10.9. The molecule has 4 N–H and O–H groups in total. The van der Waals surface area contributed by atoms with Gasteiger partial charge in [0.15, 0.2) is 0 Å². The van der Waals surface area contributed by atoms with Crippen LogP contribution in [-0.4, -0.2) is 21.0 Å². The van der Waals surface area contributed by atoms with E-state index in [1.165, 1.54) is 11.9 Å². The number of hydrogen-bond acceptors (Lipinski definition) is 6. The summed E-state index contributed by atoms with van der Waals surface area (Å²) in [5.41, 5.74) is 3.52. The average molecular weight is 454 g/mol. The number of carbonyl (C=O) groups is 1. The van der Waals surface area contributed by atoms with Crippen LogP contribution in [0.3, 0.4) is 0 Å². The van der Waals surface area contributed by atoms with Crippen molar-refractivity contribution in [2.24, 2.45) is 0 Å². The van der Waals surface area contributed by atoms with E-state index >= 15 is 0 Å². The maximum Gasteiger partial charge on any atom is 0.323 e. The van der Waals surface area contributed by atoms with Crippen LogP contribution in [0.5, 0.6) is 0 Å². The molecular formula is C26H27N7O. The summed E-state index contributed by atoms with van der Waals surface area (Å²) in [7, 11) is 0. The summed E-state index contributed by atoms with van der Waals surface area (Å²) in [6, 6.07) is 22.3. The highest BCUT2D eigenvalue weighted by Crippen LogP contribution is 2.24. The fraction of sp³-hybridized carbons (Fsp3) is 0.154. The number of pyridine rings is 1. The molecule has 8 nitrogen and oxygen atoms in total. The minimum atomic E-state index is -0.301. The molecule has 2 aromatic heterocycles. The average Bonchev–Trinajstić information content (AvgIpc) is 2.81. The van der Waals surface area contributed by atoms with Crippen molar-refractivity contribution in [3.8, 4) is 0 Å². The lowest BCUT2D eigenvalue weighted by atomic mass is 9.87. The first kappa shape index (κ1) is 22.7. The first-order valence-electron chi connectivity index (χ1n) is 10.9. The second kappa shape index (κ2) is 9.99. The van der Waals surface area contributed by atoms with E-state index in [9.17, 15) is 4.79 Å². The van der Waals surface area contributed by atoms with E-state index in [0.717, 1.165) is 11.4 Å². The van der Waals surface area contributed by atoms with Crippen LogP contribution in [0.25, 0.3) is 0 Å². The van der Waals surface area contributed by atoms with Crippen molar-refractivity contribution in [3.63, 3.8) is 0 Å². The first-order chi connectivity index (χ1) is 16.3. The molecule has 0 aliphatic carbocycles. The number of amides is 2. The maximum atomic E-state index is 12.4. The molecule has 34 heavy (non-hydrogen) atoms. The van der Waals surface area contributed by atoms with Gasteiger partial charge >= 0.3 is 6.03 Å². The fourth-order valence-electron chi connectivity index (χ4n) is 3.19. The molecule has 0 spiro atoms. The van der Waals surface area contributed by atoms with Gasteiger partial charge in [-0.15, -0.1) is 0 Å². The van der Waals surface area contributed by atoms with Crippen LogP contribution in [-0.2, 0) is 5.41 Å². The predicted molar refractivity (Wildman–Crippen MR) is 137 cm³/mol. The second-order valence-corrected chi connectivity index (χ2v) is 8.74. The van der Waals surface area contributed by atoms with E-state index in [-0.39, 0.29) is 11.4 Å². The van der Waals surface area contributed by atoms with E-state index in [0.29, 0.717) is 23.1 Å². The Kier molecular flexibility index (Phi) is 6.68. The standard InChI is InChI=1S/C26H27N7O/c1-26(2,3)18-7-9-20(10-8-18)31-25(34)32-21-13-11-19(12-14-21)30-23-16-24(29-17-28-23)33-22-6-4-5-15-27-22/h4-17H,1-3H3,(H2,31,32,34)(H2,27,28,29,30,33). The van der Waals surface area contributed by atoms with Crippen LogP contribution in [0, 0.1) is 0 Å². The minimum Gasteiger partial charge on any atom is -0.340 e. The van der Waals surface area contributed by atoms with Crippen LogP contribution >= 0.6 is 0 Å². The van der Waals surface area contributed by atoms with Gasteiger partial charge in [0.1, 0.15) is 23.8 Å². The Morgan fingerprint density at radius 1 is 0.676 bits per heavy atom. The number of urea groups is 1. The van der Waals surface area contributed by atoms with Crippen molar-refractivity contribution >= 4 is 40.5 Å². The lowest BCUT2D eigenvalue weighted by molar-refractivity contribution is 0.262. The summed E-state index contributed by atoms with van der Waals surface area (Å²) in [5.74, 6) is 1.96. The maximum absolute atomic E-state index is 12.4. The highest BCUT2D eigenvalue weighted by Gasteiger charge is 2.13. The number of carbonyl (C=O) groups excluding carboxylic acids is 1. The van der Waals surface area contributed by atoms with Crippen molar-refractivity contribution in [1.29, 1.82) is 0 Å². The Morgan fingerprint density at radius 2 is 1.26 bits per heavy atom. The summed E-state index contributed by atoms with van der Waals surface area (Å²) >= 11 is 0. The van der Waals surface area contributed by atoms with Crippen molar-refractivity contribution in [2.45, 2.75) is 26.2 Å². The lowest BCUT2D eigenvalue weighted by Gasteiger charge is -2.19. The normalized spacial score (nSPS) is 10.9. The van der Waals surface area contributed by atoms with Gasteiger partial charge in [0.05, 0.1) is 0 Å². The van der Waals surface area contributed by atoms with Crippen molar-refractivity contribution in [1.82, 2.24) is 15.0 Å². The minimum absolute atomic E-state index is 0.0690. The van der Waals surface area contributed by atoms with Gasteiger partial charge in [-0.2, -0.15) is 0 Å². The van der Waals surface area contributed by atoms with Gasteiger partial charge in [0, 0.05) is 29.3 Å². The zero-order chi connectivity index (χ0) is 24.0. The van der Waals surface area contributed by atoms with E-state index in [1.807, 2.05) is 66.7 Å². The molecule has 0 aliphatic heterocycles. The molecule has 0 bridgehead atoms. The molecule has 0 aliphatic rings. The Hall–Kier alpha value is -4.46. The molecule has 8 heteroatoms. The largest absolute Gasteiger partial charge is 0.340 e. The SMILES string of the molecule is CC(C)(C)c1ccc(NC(=O)Nc2ccc(Nc3cc(Nc4ccccn4)ncn3)cc2)cc1. The van der Waals surface area contributed by atoms with Crippen LogP contribution in [0.2, 0.25) is 0 Å². The Morgan fingerprint density at radius 3 is 1.85 bits per heavy atom. The lowest BCUT2D eigenvalue weighted by Crippen LogP contribution is -2.19. The van der Waals surface area contributed by atoms with Gasteiger partial charge in [-0.1, -0.05) is 39.0 Å². The number of hydrogen-bond donors (Lipinski definition) is 4. The molecule has 0 unspecified atom stereocenters. The topological polar surface area (TPSA) is 104 Å². The number of benzene rings is 2. The third kappa shape index (κ3) is 6.29. The summed E-state index contributed by atoms with van der Waals surface area (Å²) in [6.07, 6.45) is 3.18. The van der Waals surface area contributed by atoms with Gasteiger partial charge in [-0.3, -0.25) is 0 Å². The van der Waals surface area contributed by atoms with Crippen molar-refractivity contribution in [2.75, 3.05) is 21.3 Å². The molecule has 172 valence electrons.